The van der Waals surface area contributed by atoms with E-state index in [4.69, 9.17) is 4.74 Å². The van der Waals surface area contributed by atoms with Crippen molar-refractivity contribution in [3.8, 4) is 5.75 Å². The molecule has 0 amide bonds. The zero-order valence-corrected chi connectivity index (χ0v) is 18.2. The molecule has 3 heterocycles. The highest BCUT2D eigenvalue weighted by molar-refractivity contribution is 9.18. The lowest BCUT2D eigenvalue weighted by molar-refractivity contribution is 0.178. The minimum atomic E-state index is -0.708. The standard InChI is InChI=1S/C18H16BrF2N5O.C2H6/c1-10-15(22-16-14(21)7-12(20)9-25(10)16)17-23-18(19)24-26(17)8-11-3-5-13(27-2)6-4-11;1-2/h3-7,9,17H,8H2,1-2H3,(H,23,24);1-2H3. The van der Waals surface area contributed by atoms with Crippen molar-refractivity contribution in [2.45, 2.75) is 33.5 Å². The van der Waals surface area contributed by atoms with Gasteiger partial charge in [0.15, 0.2) is 22.4 Å². The molecule has 1 unspecified atom stereocenters. The summed E-state index contributed by atoms with van der Waals surface area (Å²) in [6.45, 7) is 6.29. The average molecular weight is 466 g/mol. The lowest BCUT2D eigenvalue weighted by Gasteiger charge is -2.22. The fourth-order valence-corrected chi connectivity index (χ4v) is 3.52. The number of nitrogens with zero attached hydrogens (tertiary/aromatic N) is 4. The summed E-state index contributed by atoms with van der Waals surface area (Å²) < 4.78 is 34.8. The third-order valence-corrected chi connectivity index (χ3v) is 4.82. The molecule has 9 heteroatoms. The number of aliphatic imine (C=N–C) groups is 1. The third-order valence-electron chi connectivity index (χ3n) is 4.44. The molecule has 29 heavy (non-hydrogen) atoms. The summed E-state index contributed by atoms with van der Waals surface area (Å²) in [5, 5.41) is 1.87. The van der Waals surface area contributed by atoms with E-state index in [9.17, 15) is 8.78 Å². The van der Waals surface area contributed by atoms with Gasteiger partial charge >= 0.3 is 0 Å². The Labute approximate surface area is 176 Å². The monoisotopic (exact) mass is 465 g/mol. The molecule has 0 bridgehead atoms. The molecule has 0 aliphatic carbocycles. The molecular formula is C20H22BrF2N5O. The van der Waals surface area contributed by atoms with Gasteiger partial charge in [0, 0.05) is 24.5 Å². The average Bonchev–Trinajstić information content (AvgIpc) is 3.24. The summed E-state index contributed by atoms with van der Waals surface area (Å²) in [7, 11) is 1.62. The maximum Gasteiger partial charge on any atom is 0.182 e. The Morgan fingerprint density at radius 3 is 2.55 bits per heavy atom. The maximum atomic E-state index is 14.1. The third kappa shape index (κ3) is 4.25. The number of amidine groups is 1. The summed E-state index contributed by atoms with van der Waals surface area (Å²) in [5.74, 6) is -0.591. The first-order valence-electron chi connectivity index (χ1n) is 9.19. The molecule has 0 fully saturated rings. The van der Waals surface area contributed by atoms with Crippen LogP contribution in [0.3, 0.4) is 0 Å². The second-order valence-corrected chi connectivity index (χ2v) is 6.91. The molecule has 0 saturated carbocycles. The summed E-state index contributed by atoms with van der Waals surface area (Å²) in [6.07, 6.45) is 0.739. The largest absolute Gasteiger partial charge is 0.497 e. The van der Waals surface area contributed by atoms with E-state index in [0.29, 0.717) is 22.7 Å². The Kier molecular flexibility index (Phi) is 6.49. The van der Waals surface area contributed by atoms with Gasteiger partial charge in [0.05, 0.1) is 7.11 Å². The van der Waals surface area contributed by atoms with E-state index in [1.54, 1.807) is 14.0 Å². The van der Waals surface area contributed by atoms with E-state index in [1.165, 1.54) is 10.6 Å². The highest BCUT2D eigenvalue weighted by Gasteiger charge is 2.31. The van der Waals surface area contributed by atoms with E-state index >= 15 is 0 Å². The number of benzene rings is 1. The van der Waals surface area contributed by atoms with Gasteiger partial charge < -0.3 is 4.74 Å². The van der Waals surface area contributed by atoms with Crippen molar-refractivity contribution < 1.29 is 13.5 Å². The van der Waals surface area contributed by atoms with Gasteiger partial charge in [-0.1, -0.05) is 26.0 Å². The van der Waals surface area contributed by atoms with Crippen LogP contribution in [0.5, 0.6) is 5.75 Å². The molecule has 1 aliphatic heterocycles. The molecule has 1 aliphatic rings. The van der Waals surface area contributed by atoms with Gasteiger partial charge in [-0.2, -0.15) is 5.01 Å². The van der Waals surface area contributed by atoms with Crippen LogP contribution in [-0.2, 0) is 6.54 Å². The van der Waals surface area contributed by atoms with Crippen LogP contribution in [0.2, 0.25) is 0 Å². The number of rotatable bonds is 4. The zero-order chi connectivity index (χ0) is 21.1. The van der Waals surface area contributed by atoms with Gasteiger partial charge in [-0.15, -0.1) is 0 Å². The Bertz CT molecular complexity index is 1040. The molecule has 3 aromatic rings. The summed E-state index contributed by atoms with van der Waals surface area (Å²) in [4.78, 5) is 8.89. The Balaban J connectivity index is 0.00000117. The van der Waals surface area contributed by atoms with Crippen molar-refractivity contribution in [2.24, 2.45) is 4.99 Å². The number of hydrogen-bond donors (Lipinski definition) is 1. The summed E-state index contributed by atoms with van der Waals surface area (Å²) in [5.41, 5.74) is 5.41. The molecule has 154 valence electrons. The minimum Gasteiger partial charge on any atom is -0.497 e. The Morgan fingerprint density at radius 2 is 1.90 bits per heavy atom. The van der Waals surface area contributed by atoms with Gasteiger partial charge in [-0.3, -0.25) is 9.83 Å². The topological polar surface area (TPSA) is 54.2 Å². The predicted molar refractivity (Wildman–Crippen MR) is 112 cm³/mol. The molecule has 2 aromatic heterocycles. The first-order valence-corrected chi connectivity index (χ1v) is 9.98. The molecular weight excluding hydrogens is 444 g/mol. The Morgan fingerprint density at radius 1 is 1.21 bits per heavy atom. The highest BCUT2D eigenvalue weighted by Crippen LogP contribution is 2.30. The number of halogens is 3. The van der Waals surface area contributed by atoms with Crippen molar-refractivity contribution >= 4 is 26.3 Å². The van der Waals surface area contributed by atoms with Crippen molar-refractivity contribution in [3.63, 3.8) is 0 Å². The van der Waals surface area contributed by atoms with Crippen LogP contribution in [0, 0.1) is 18.6 Å². The smallest absolute Gasteiger partial charge is 0.182 e. The summed E-state index contributed by atoms with van der Waals surface area (Å²) in [6, 6.07) is 8.49. The highest BCUT2D eigenvalue weighted by atomic mass is 79.9. The number of ether oxygens (including phenoxy) is 1. The van der Waals surface area contributed by atoms with Gasteiger partial charge in [-0.05, 0) is 40.5 Å². The van der Waals surface area contributed by atoms with Crippen LogP contribution in [-0.4, -0.2) is 26.2 Å². The second-order valence-electron chi connectivity index (χ2n) is 6.16. The van der Waals surface area contributed by atoms with Gasteiger partial charge in [0.2, 0.25) is 0 Å². The van der Waals surface area contributed by atoms with Crippen molar-refractivity contribution in [3.05, 3.63) is 65.1 Å². The number of aromatic nitrogens is 2. The minimum absolute atomic E-state index is 0.0755. The first-order chi connectivity index (χ1) is 14.0. The van der Waals surface area contributed by atoms with E-state index in [1.807, 2.05) is 43.1 Å². The van der Waals surface area contributed by atoms with E-state index < -0.39 is 17.8 Å². The molecule has 1 N–H and O–H groups in total. The summed E-state index contributed by atoms with van der Waals surface area (Å²) >= 11 is 3.36. The van der Waals surface area contributed by atoms with Crippen LogP contribution in [0.4, 0.5) is 8.78 Å². The number of aryl methyl sites for hydroxylation is 1. The van der Waals surface area contributed by atoms with Crippen molar-refractivity contribution in [1.29, 1.82) is 0 Å². The second kappa shape index (κ2) is 8.87. The molecule has 4 rings (SSSR count). The number of methoxy groups -OCH3 is 1. The molecule has 0 radical (unpaired) electrons. The van der Waals surface area contributed by atoms with Crippen LogP contribution < -0.4 is 10.2 Å². The van der Waals surface area contributed by atoms with Gasteiger partial charge in [0.25, 0.3) is 0 Å². The van der Waals surface area contributed by atoms with Gasteiger partial charge in [0.1, 0.15) is 17.3 Å². The number of hydrogen-bond acceptors (Lipinski definition) is 5. The quantitative estimate of drug-likeness (QED) is 0.566. The fraction of sp³-hybridized carbons (Fsp3) is 0.300. The molecule has 1 atom stereocenters. The van der Waals surface area contributed by atoms with Crippen molar-refractivity contribution in [2.75, 3.05) is 7.11 Å². The normalized spacial score (nSPS) is 16.2. The number of fused-ring (bicyclic) bond motifs is 1. The number of nitrogens with one attached hydrogen (secondary N) is 1. The predicted octanol–water partition coefficient (Wildman–Crippen LogP) is 4.73. The number of pyridine rings is 1. The number of hydrazine groups is 1. The maximum absolute atomic E-state index is 14.1. The lowest BCUT2D eigenvalue weighted by Crippen LogP contribution is -2.35. The van der Waals surface area contributed by atoms with E-state index in [2.05, 4.69) is 31.3 Å². The molecule has 1 aromatic carbocycles. The van der Waals surface area contributed by atoms with Crippen LogP contribution >= 0.6 is 15.9 Å². The lowest BCUT2D eigenvalue weighted by atomic mass is 10.2. The van der Waals surface area contributed by atoms with Crippen LogP contribution in [0.1, 0.15) is 37.0 Å². The van der Waals surface area contributed by atoms with E-state index in [0.717, 1.165) is 17.4 Å². The number of imidazole rings is 1. The first kappa shape index (κ1) is 21.2. The van der Waals surface area contributed by atoms with Gasteiger partial charge in [-0.25, -0.2) is 18.8 Å². The Hall–Kier alpha value is -2.52. The zero-order valence-electron chi connectivity index (χ0n) is 16.6. The molecule has 6 nitrogen and oxygen atoms in total. The molecule has 0 spiro atoms. The molecule has 0 saturated heterocycles. The van der Waals surface area contributed by atoms with E-state index in [-0.39, 0.29) is 5.65 Å². The van der Waals surface area contributed by atoms with Crippen molar-refractivity contribution in [1.82, 2.24) is 19.8 Å². The SMILES string of the molecule is CC.COc1ccc(CN2NC(Br)=NC2c2nc3c(F)cc(F)cn3c2C)cc1. The van der Waals surface area contributed by atoms with Crippen LogP contribution in [0.25, 0.3) is 5.65 Å². The fourth-order valence-electron chi connectivity index (χ4n) is 3.10. The van der Waals surface area contributed by atoms with Crippen LogP contribution in [0.15, 0.2) is 41.5 Å².